The van der Waals surface area contributed by atoms with Crippen LogP contribution in [0.5, 0.6) is 5.75 Å². The third-order valence-corrected chi connectivity index (χ3v) is 3.78. The first-order valence-electron chi connectivity index (χ1n) is 8.04. The van der Waals surface area contributed by atoms with Crippen LogP contribution in [-0.2, 0) is 4.79 Å². The van der Waals surface area contributed by atoms with Crippen LogP contribution in [0.25, 0.3) is 21.7 Å². The van der Waals surface area contributed by atoms with Gasteiger partial charge < -0.3 is 19.7 Å². The predicted molar refractivity (Wildman–Crippen MR) is 96.4 cm³/mol. The molecule has 0 aliphatic carbocycles. The van der Waals surface area contributed by atoms with Gasteiger partial charge in [0, 0.05) is 5.39 Å². The number of aliphatic carboxylic acids is 1. The van der Waals surface area contributed by atoms with Crippen LogP contribution in [0.1, 0.15) is 24.3 Å². The molecule has 0 aliphatic heterocycles. The van der Waals surface area contributed by atoms with Crippen LogP contribution in [0.4, 0.5) is 0 Å². The van der Waals surface area contributed by atoms with Crippen molar-refractivity contribution in [3.05, 3.63) is 47.7 Å². The molecule has 0 bridgehead atoms. The van der Waals surface area contributed by atoms with Gasteiger partial charge in [-0.1, -0.05) is 16.8 Å². The maximum Gasteiger partial charge on any atom is 0.322 e. The van der Waals surface area contributed by atoms with Crippen molar-refractivity contribution in [1.29, 1.82) is 0 Å². The Labute approximate surface area is 149 Å². The van der Waals surface area contributed by atoms with E-state index in [9.17, 15) is 9.59 Å². The van der Waals surface area contributed by atoms with Gasteiger partial charge in [0.1, 0.15) is 18.9 Å². The average molecular weight is 354 g/mol. The molecule has 7 heteroatoms. The van der Waals surface area contributed by atoms with Crippen molar-refractivity contribution in [3.63, 3.8) is 0 Å². The lowest BCUT2D eigenvalue weighted by atomic mass is 10.1. The summed E-state index contributed by atoms with van der Waals surface area (Å²) in [7, 11) is 0. The van der Waals surface area contributed by atoms with E-state index in [1.807, 2.05) is 44.2 Å². The smallest absolute Gasteiger partial charge is 0.322 e. The zero-order valence-electron chi connectivity index (χ0n) is 14.4. The summed E-state index contributed by atoms with van der Waals surface area (Å²) in [5, 5.41) is 16.9. The highest BCUT2D eigenvalue weighted by Crippen LogP contribution is 2.30. The minimum absolute atomic E-state index is 0.0621. The number of fused-ring (bicyclic) bond motifs is 3. The molecule has 134 valence electrons. The summed E-state index contributed by atoms with van der Waals surface area (Å²) in [6.45, 7) is 4.03. The van der Waals surface area contributed by atoms with E-state index in [1.165, 1.54) is 5.57 Å². The number of carboxylic acid groups (broad SMARTS) is 1. The number of carboxylic acids is 1. The summed E-state index contributed by atoms with van der Waals surface area (Å²) in [5.74, 6) is -0.988. The van der Waals surface area contributed by atoms with E-state index in [0.717, 1.165) is 16.5 Å². The first-order valence-corrected chi connectivity index (χ1v) is 8.04. The van der Waals surface area contributed by atoms with Gasteiger partial charge in [0.15, 0.2) is 11.3 Å². The minimum atomic E-state index is -1.13. The highest BCUT2D eigenvalue weighted by Gasteiger charge is 2.18. The van der Waals surface area contributed by atoms with Gasteiger partial charge in [0.2, 0.25) is 0 Å². The molecule has 1 heterocycles. The maximum absolute atomic E-state index is 12.1. The highest BCUT2D eigenvalue weighted by molar-refractivity contribution is 6.12. The summed E-state index contributed by atoms with van der Waals surface area (Å²) < 4.78 is 11.0. The molecule has 2 N–H and O–H groups in total. The van der Waals surface area contributed by atoms with Crippen LogP contribution < -0.4 is 10.1 Å². The van der Waals surface area contributed by atoms with Gasteiger partial charge in [-0.3, -0.25) is 9.59 Å². The second-order valence-corrected chi connectivity index (χ2v) is 6.03. The molecule has 26 heavy (non-hydrogen) atoms. The van der Waals surface area contributed by atoms with Gasteiger partial charge >= 0.3 is 5.97 Å². The molecule has 0 radical (unpaired) electrons. The van der Waals surface area contributed by atoms with Crippen molar-refractivity contribution < 1.29 is 24.0 Å². The van der Waals surface area contributed by atoms with Crippen LogP contribution in [0.2, 0.25) is 0 Å². The molecule has 1 aromatic heterocycles. The van der Waals surface area contributed by atoms with Crippen molar-refractivity contribution in [2.24, 2.45) is 0 Å². The Bertz CT molecular complexity index is 1020. The second-order valence-electron chi connectivity index (χ2n) is 6.03. The van der Waals surface area contributed by atoms with E-state index in [2.05, 4.69) is 10.5 Å². The molecule has 3 aromatic rings. The lowest BCUT2D eigenvalue weighted by Gasteiger charge is -2.05. The summed E-state index contributed by atoms with van der Waals surface area (Å²) in [4.78, 5) is 22.6. The maximum atomic E-state index is 12.1. The van der Waals surface area contributed by atoms with Gasteiger partial charge in [-0.25, -0.2) is 0 Å². The number of hydrogen-bond donors (Lipinski definition) is 2. The fraction of sp³-hybridized carbons (Fsp3) is 0.211. The number of carbonyl (C=O) groups is 2. The Morgan fingerprint density at radius 1 is 1.23 bits per heavy atom. The van der Waals surface area contributed by atoms with Gasteiger partial charge in [-0.2, -0.15) is 0 Å². The molecule has 7 nitrogen and oxygen atoms in total. The van der Waals surface area contributed by atoms with Crippen LogP contribution in [0.15, 0.2) is 46.5 Å². The van der Waals surface area contributed by atoms with Crippen molar-refractivity contribution in [2.45, 2.75) is 13.8 Å². The number of rotatable bonds is 6. The van der Waals surface area contributed by atoms with Gasteiger partial charge in [-0.15, -0.1) is 0 Å². The van der Waals surface area contributed by atoms with Crippen LogP contribution in [0.3, 0.4) is 0 Å². The van der Waals surface area contributed by atoms with Crippen molar-refractivity contribution >= 4 is 33.6 Å². The van der Waals surface area contributed by atoms with E-state index in [1.54, 1.807) is 6.07 Å². The second kappa shape index (κ2) is 7.26. The lowest BCUT2D eigenvalue weighted by molar-refractivity contribution is -0.135. The largest absolute Gasteiger partial charge is 0.490 e. The first kappa shape index (κ1) is 17.5. The summed E-state index contributed by atoms with van der Waals surface area (Å²) >= 11 is 0. The Hall–Kier alpha value is -3.35. The lowest BCUT2D eigenvalue weighted by Crippen LogP contribution is -2.29. The molecule has 0 saturated carbocycles. The molecule has 2 aromatic carbocycles. The van der Waals surface area contributed by atoms with Crippen LogP contribution in [-0.4, -0.2) is 35.3 Å². The fourth-order valence-corrected chi connectivity index (χ4v) is 2.50. The van der Waals surface area contributed by atoms with E-state index < -0.39 is 18.4 Å². The van der Waals surface area contributed by atoms with Crippen LogP contribution >= 0.6 is 0 Å². The molecule has 3 rings (SSSR count). The number of carbonyl (C=O) groups excluding carboxylic acids is 1. The molecule has 0 atom stereocenters. The van der Waals surface area contributed by atoms with Gasteiger partial charge in [-0.05, 0) is 49.6 Å². The Morgan fingerprint density at radius 2 is 2.00 bits per heavy atom. The molecule has 0 saturated heterocycles. The summed E-state index contributed by atoms with van der Waals surface area (Å²) in [5.41, 5.74) is 1.72. The number of aromatic nitrogens is 1. The highest BCUT2D eigenvalue weighted by atomic mass is 16.5. The van der Waals surface area contributed by atoms with E-state index in [4.69, 9.17) is 14.4 Å². The summed E-state index contributed by atoms with van der Waals surface area (Å²) in [6.07, 6.45) is 1.99. The Kier molecular flexibility index (Phi) is 4.88. The van der Waals surface area contributed by atoms with Crippen molar-refractivity contribution in [3.8, 4) is 5.75 Å². The van der Waals surface area contributed by atoms with E-state index in [0.29, 0.717) is 17.6 Å². The fourth-order valence-electron chi connectivity index (χ4n) is 2.50. The third-order valence-electron chi connectivity index (χ3n) is 3.78. The topological polar surface area (TPSA) is 102 Å². The molecule has 1 amide bonds. The molecular formula is C19H18N2O5. The number of ether oxygens (including phenoxy) is 1. The normalized spacial score (nSPS) is 10.7. The Morgan fingerprint density at radius 3 is 2.73 bits per heavy atom. The molecule has 0 fully saturated rings. The number of nitrogens with zero attached hydrogens (tertiary/aromatic N) is 1. The number of benzene rings is 2. The van der Waals surface area contributed by atoms with Crippen molar-refractivity contribution in [2.75, 3.05) is 13.2 Å². The third kappa shape index (κ3) is 3.66. The Balaban J connectivity index is 1.91. The minimum Gasteiger partial charge on any atom is -0.490 e. The van der Waals surface area contributed by atoms with Crippen LogP contribution in [0, 0.1) is 0 Å². The molecule has 0 aliphatic rings. The SMILES string of the molecule is CC(C)=CCOc1ccc2c(ccc3c(C(=O)NCC(=O)O)noc32)c1. The first-order chi connectivity index (χ1) is 12.5. The average Bonchev–Trinajstić information content (AvgIpc) is 3.03. The van der Waals surface area contributed by atoms with Gasteiger partial charge in [0.05, 0.1) is 5.39 Å². The zero-order chi connectivity index (χ0) is 18.7. The van der Waals surface area contributed by atoms with E-state index >= 15 is 0 Å². The number of nitrogens with one attached hydrogen (secondary N) is 1. The standard InChI is InChI=1S/C19H18N2O5/c1-11(2)7-8-25-13-4-6-14-12(9-13)3-5-15-17(21-26-18(14)15)19(24)20-10-16(22)23/h3-7,9H,8,10H2,1-2H3,(H,20,24)(H,22,23). The van der Waals surface area contributed by atoms with Gasteiger partial charge in [0.25, 0.3) is 5.91 Å². The monoisotopic (exact) mass is 354 g/mol. The molecular weight excluding hydrogens is 336 g/mol. The predicted octanol–water partition coefficient (Wildman–Crippen LogP) is 3.14. The number of allylic oxidation sites excluding steroid dienone is 1. The number of hydrogen-bond acceptors (Lipinski definition) is 5. The van der Waals surface area contributed by atoms with Crippen molar-refractivity contribution in [1.82, 2.24) is 10.5 Å². The zero-order valence-corrected chi connectivity index (χ0v) is 14.4. The van der Waals surface area contributed by atoms with E-state index in [-0.39, 0.29) is 5.69 Å². The number of amides is 1. The quantitative estimate of drug-likeness (QED) is 0.660. The summed E-state index contributed by atoms with van der Waals surface area (Å²) in [6, 6.07) is 9.13. The molecule has 0 spiro atoms. The molecule has 0 unspecified atom stereocenters.